The van der Waals surface area contributed by atoms with Crippen LogP contribution in [0.4, 0.5) is 0 Å². The number of nitrogens with zero attached hydrogens (tertiary/aromatic N) is 1. The number of carbonyl (C=O) groups is 1. The van der Waals surface area contributed by atoms with E-state index in [1.807, 2.05) is 6.07 Å². The molecule has 0 N–H and O–H groups in total. The third kappa shape index (κ3) is 3.91. The predicted octanol–water partition coefficient (Wildman–Crippen LogP) is 4.85. The molecular formula is C15H10Cl3NO3. The molecule has 4 nitrogen and oxygen atoms in total. The Balaban J connectivity index is 2.15. The van der Waals surface area contributed by atoms with Gasteiger partial charge in [-0.1, -0.05) is 52.1 Å². The second-order valence-corrected chi connectivity index (χ2v) is 5.35. The van der Waals surface area contributed by atoms with E-state index < -0.39 is 5.97 Å². The van der Waals surface area contributed by atoms with E-state index in [1.165, 1.54) is 25.5 Å². The van der Waals surface area contributed by atoms with Gasteiger partial charge in [0.1, 0.15) is 5.75 Å². The summed E-state index contributed by atoms with van der Waals surface area (Å²) in [6.07, 6.45) is 1.36. The number of hydrogen-bond acceptors (Lipinski definition) is 4. The normalized spacial score (nSPS) is 10.7. The Kier molecular flexibility index (Phi) is 5.66. The molecule has 0 amide bonds. The summed E-state index contributed by atoms with van der Waals surface area (Å²) >= 11 is 17.6. The number of ether oxygens (including phenoxy) is 1. The smallest absolute Gasteiger partial charge is 0.368 e. The van der Waals surface area contributed by atoms with Gasteiger partial charge in [-0.25, -0.2) is 4.79 Å². The van der Waals surface area contributed by atoms with E-state index in [1.54, 1.807) is 18.2 Å². The topological polar surface area (TPSA) is 47.9 Å². The van der Waals surface area contributed by atoms with Crippen molar-refractivity contribution in [1.29, 1.82) is 0 Å². The second-order valence-electron chi connectivity index (χ2n) is 4.10. The predicted molar refractivity (Wildman–Crippen MR) is 87.5 cm³/mol. The van der Waals surface area contributed by atoms with Crippen molar-refractivity contribution in [3.8, 4) is 5.75 Å². The quantitative estimate of drug-likeness (QED) is 0.446. The zero-order valence-corrected chi connectivity index (χ0v) is 13.6. The van der Waals surface area contributed by atoms with Gasteiger partial charge in [-0.2, -0.15) is 0 Å². The summed E-state index contributed by atoms with van der Waals surface area (Å²) in [4.78, 5) is 16.8. The maximum atomic E-state index is 12.0. The molecule has 0 unspecified atom stereocenters. The third-order valence-corrected chi connectivity index (χ3v) is 3.49. The molecular weight excluding hydrogens is 349 g/mol. The monoisotopic (exact) mass is 357 g/mol. The molecule has 0 aliphatic heterocycles. The molecule has 0 aliphatic rings. The number of benzene rings is 2. The highest BCUT2D eigenvalue weighted by molar-refractivity contribution is 6.41. The lowest BCUT2D eigenvalue weighted by Gasteiger charge is -2.05. The Morgan fingerprint density at radius 2 is 1.77 bits per heavy atom. The van der Waals surface area contributed by atoms with Crippen molar-refractivity contribution in [3.05, 3.63) is 62.6 Å². The summed E-state index contributed by atoms with van der Waals surface area (Å²) in [5.74, 6) is -0.178. The summed E-state index contributed by atoms with van der Waals surface area (Å²) in [5, 5.41) is 4.13. The molecule has 0 atom stereocenters. The van der Waals surface area contributed by atoms with Crippen LogP contribution in [0.2, 0.25) is 15.1 Å². The minimum Gasteiger partial charge on any atom is -0.496 e. The van der Waals surface area contributed by atoms with Crippen LogP contribution < -0.4 is 4.74 Å². The molecule has 22 heavy (non-hydrogen) atoms. The van der Waals surface area contributed by atoms with Crippen LogP contribution >= 0.6 is 34.8 Å². The molecule has 0 saturated heterocycles. The molecule has 2 aromatic rings. The number of carbonyl (C=O) groups excluding carboxylic acids is 1. The van der Waals surface area contributed by atoms with E-state index in [0.29, 0.717) is 16.3 Å². The highest BCUT2D eigenvalue weighted by Gasteiger charge is 2.17. The van der Waals surface area contributed by atoms with Gasteiger partial charge in [0.25, 0.3) is 0 Å². The van der Waals surface area contributed by atoms with Gasteiger partial charge in [-0.05, 0) is 24.3 Å². The Hall–Kier alpha value is -1.75. The van der Waals surface area contributed by atoms with Crippen LogP contribution in [-0.2, 0) is 4.84 Å². The maximum absolute atomic E-state index is 12.0. The Bertz CT molecular complexity index is 709. The fraction of sp³-hybridized carbons (Fsp3) is 0.0667. The average molecular weight is 359 g/mol. The molecule has 0 fully saturated rings. The lowest BCUT2D eigenvalue weighted by Crippen LogP contribution is -2.03. The average Bonchev–Trinajstić information content (AvgIpc) is 2.46. The molecule has 0 bridgehead atoms. The highest BCUT2D eigenvalue weighted by atomic mass is 35.5. The fourth-order valence-corrected chi connectivity index (χ4v) is 2.66. The number of hydrogen-bond donors (Lipinski definition) is 0. The van der Waals surface area contributed by atoms with Crippen LogP contribution in [0.25, 0.3) is 0 Å². The van der Waals surface area contributed by atoms with E-state index in [4.69, 9.17) is 44.4 Å². The van der Waals surface area contributed by atoms with Gasteiger partial charge in [0, 0.05) is 10.6 Å². The summed E-state index contributed by atoms with van der Waals surface area (Å²) in [6, 6.07) is 9.94. The first-order chi connectivity index (χ1) is 10.5. The lowest BCUT2D eigenvalue weighted by molar-refractivity contribution is 0.0519. The third-order valence-electron chi connectivity index (χ3n) is 2.68. The zero-order valence-electron chi connectivity index (χ0n) is 11.3. The highest BCUT2D eigenvalue weighted by Crippen LogP contribution is 2.29. The molecule has 0 aliphatic carbocycles. The van der Waals surface area contributed by atoms with E-state index in [2.05, 4.69) is 5.16 Å². The summed E-state index contributed by atoms with van der Waals surface area (Å²) < 4.78 is 5.15. The molecule has 0 spiro atoms. The minimum atomic E-state index is -0.780. The Labute approximate surface area is 142 Å². The molecule has 2 rings (SSSR count). The van der Waals surface area contributed by atoms with E-state index in [0.717, 1.165) is 0 Å². The Morgan fingerprint density at radius 1 is 1.14 bits per heavy atom. The molecule has 2 aromatic carbocycles. The van der Waals surface area contributed by atoms with Crippen LogP contribution in [-0.4, -0.2) is 19.3 Å². The molecule has 0 aromatic heterocycles. The first kappa shape index (κ1) is 16.6. The molecule has 7 heteroatoms. The Morgan fingerprint density at radius 3 is 2.41 bits per heavy atom. The number of rotatable bonds is 4. The van der Waals surface area contributed by atoms with Crippen molar-refractivity contribution in [2.75, 3.05) is 7.11 Å². The van der Waals surface area contributed by atoms with Gasteiger partial charge in [-0.3, -0.25) is 0 Å². The van der Waals surface area contributed by atoms with Crippen molar-refractivity contribution in [2.45, 2.75) is 0 Å². The van der Waals surface area contributed by atoms with Gasteiger partial charge in [0.15, 0.2) is 0 Å². The number of halogens is 3. The standard InChI is InChI=1S/C15H10Cl3NO3/c1-21-13-5-3-2-4-9(13)8-19-22-15(20)14-11(17)6-10(16)7-12(14)18/h2-8H,1H3. The zero-order chi connectivity index (χ0) is 16.1. The number of methoxy groups -OCH3 is 1. The lowest BCUT2D eigenvalue weighted by atomic mass is 10.2. The minimum absolute atomic E-state index is 0.00455. The van der Waals surface area contributed by atoms with Crippen molar-refractivity contribution in [1.82, 2.24) is 0 Å². The molecule has 0 heterocycles. The van der Waals surface area contributed by atoms with Crippen molar-refractivity contribution in [2.24, 2.45) is 5.16 Å². The van der Waals surface area contributed by atoms with Gasteiger partial charge < -0.3 is 9.57 Å². The summed E-state index contributed by atoms with van der Waals surface area (Å²) in [7, 11) is 1.53. The van der Waals surface area contributed by atoms with Gasteiger partial charge in [-0.15, -0.1) is 0 Å². The molecule has 0 saturated carbocycles. The number of oxime groups is 1. The fourth-order valence-electron chi connectivity index (χ4n) is 1.69. The van der Waals surface area contributed by atoms with Crippen molar-refractivity contribution in [3.63, 3.8) is 0 Å². The van der Waals surface area contributed by atoms with Gasteiger partial charge >= 0.3 is 5.97 Å². The van der Waals surface area contributed by atoms with Gasteiger partial charge in [0.2, 0.25) is 0 Å². The van der Waals surface area contributed by atoms with Gasteiger partial charge in [0.05, 0.1) is 28.9 Å². The van der Waals surface area contributed by atoms with E-state index in [9.17, 15) is 4.79 Å². The van der Waals surface area contributed by atoms with Crippen molar-refractivity contribution < 1.29 is 14.4 Å². The van der Waals surface area contributed by atoms with E-state index >= 15 is 0 Å². The van der Waals surface area contributed by atoms with Crippen LogP contribution in [0, 0.1) is 0 Å². The first-order valence-corrected chi connectivity index (χ1v) is 7.18. The van der Waals surface area contributed by atoms with E-state index in [-0.39, 0.29) is 15.6 Å². The van der Waals surface area contributed by atoms with Crippen LogP contribution in [0.3, 0.4) is 0 Å². The largest absolute Gasteiger partial charge is 0.496 e. The van der Waals surface area contributed by atoms with Crippen LogP contribution in [0.1, 0.15) is 15.9 Å². The summed E-state index contributed by atoms with van der Waals surface area (Å²) in [5.41, 5.74) is 0.663. The first-order valence-electron chi connectivity index (χ1n) is 6.05. The van der Waals surface area contributed by atoms with Crippen molar-refractivity contribution >= 4 is 47.0 Å². The molecule has 114 valence electrons. The van der Waals surface area contributed by atoms with Crippen LogP contribution in [0.5, 0.6) is 5.75 Å². The summed E-state index contributed by atoms with van der Waals surface area (Å²) in [6.45, 7) is 0. The second kappa shape index (κ2) is 7.49. The maximum Gasteiger partial charge on any atom is 0.368 e. The van der Waals surface area contributed by atoms with Crippen LogP contribution in [0.15, 0.2) is 41.6 Å². The molecule has 0 radical (unpaired) electrons. The number of para-hydroxylation sites is 1. The SMILES string of the molecule is COc1ccccc1C=NOC(=O)c1c(Cl)cc(Cl)cc1Cl.